The molecule has 2 amide bonds. The van der Waals surface area contributed by atoms with Crippen molar-refractivity contribution in [1.29, 1.82) is 0 Å². The van der Waals surface area contributed by atoms with Crippen molar-refractivity contribution in [2.75, 3.05) is 11.9 Å². The van der Waals surface area contributed by atoms with Crippen molar-refractivity contribution in [1.82, 2.24) is 10.3 Å². The van der Waals surface area contributed by atoms with E-state index in [-0.39, 0.29) is 24.5 Å². The van der Waals surface area contributed by atoms with Gasteiger partial charge in [0, 0.05) is 34.4 Å². The van der Waals surface area contributed by atoms with Gasteiger partial charge in [-0.2, -0.15) is 0 Å². The number of anilines is 1. The van der Waals surface area contributed by atoms with Crippen molar-refractivity contribution < 1.29 is 14.3 Å². The molecule has 0 aliphatic heterocycles. The number of fused-ring (bicyclic) bond motifs is 1. The molecular weight excluding hydrogens is 366 g/mol. The number of rotatable bonds is 6. The summed E-state index contributed by atoms with van der Waals surface area (Å²) in [7, 11) is 0. The van der Waals surface area contributed by atoms with Gasteiger partial charge in [-0.05, 0) is 56.5 Å². The third-order valence-corrected chi connectivity index (χ3v) is 4.81. The van der Waals surface area contributed by atoms with Crippen molar-refractivity contribution >= 4 is 28.4 Å². The van der Waals surface area contributed by atoms with E-state index in [9.17, 15) is 9.59 Å². The van der Waals surface area contributed by atoms with Gasteiger partial charge in [-0.1, -0.05) is 18.2 Å². The van der Waals surface area contributed by atoms with Gasteiger partial charge in [-0.15, -0.1) is 0 Å². The van der Waals surface area contributed by atoms with Gasteiger partial charge in [0.15, 0.2) is 6.61 Å². The molecule has 0 saturated heterocycles. The fourth-order valence-electron chi connectivity index (χ4n) is 3.18. The number of aromatic nitrogens is 1. The minimum absolute atomic E-state index is 0.117. The third-order valence-electron chi connectivity index (χ3n) is 4.81. The Morgan fingerprint density at radius 1 is 1.10 bits per heavy atom. The van der Waals surface area contributed by atoms with Gasteiger partial charge in [0.1, 0.15) is 5.75 Å². The van der Waals surface area contributed by atoms with E-state index < -0.39 is 0 Å². The summed E-state index contributed by atoms with van der Waals surface area (Å²) >= 11 is 0. The average molecular weight is 389 g/mol. The van der Waals surface area contributed by atoms with Crippen LogP contribution in [0.2, 0.25) is 0 Å². The van der Waals surface area contributed by atoms with E-state index in [0.717, 1.165) is 35.0 Å². The molecule has 3 aromatic rings. The summed E-state index contributed by atoms with van der Waals surface area (Å²) < 4.78 is 5.80. The Bertz CT molecular complexity index is 1090. The molecule has 0 spiro atoms. The lowest BCUT2D eigenvalue weighted by molar-refractivity contribution is -0.118. The van der Waals surface area contributed by atoms with Crippen molar-refractivity contribution in [3.05, 3.63) is 65.4 Å². The Labute approximate surface area is 169 Å². The van der Waals surface area contributed by atoms with E-state index >= 15 is 0 Å². The zero-order chi connectivity index (χ0) is 20.4. The molecule has 6 nitrogen and oxygen atoms in total. The molecule has 1 fully saturated rings. The molecule has 2 N–H and O–H groups in total. The van der Waals surface area contributed by atoms with Crippen molar-refractivity contribution in [2.45, 2.75) is 32.7 Å². The number of nitrogens with zero attached hydrogens (tertiary/aromatic N) is 1. The van der Waals surface area contributed by atoms with Gasteiger partial charge in [-0.3, -0.25) is 14.6 Å². The number of carbonyl (C=O) groups is 2. The van der Waals surface area contributed by atoms with Gasteiger partial charge in [-0.25, -0.2) is 0 Å². The van der Waals surface area contributed by atoms with Gasteiger partial charge in [0.05, 0.1) is 5.52 Å². The van der Waals surface area contributed by atoms with Gasteiger partial charge >= 0.3 is 0 Å². The maximum atomic E-state index is 12.4. The predicted molar refractivity (Wildman–Crippen MR) is 112 cm³/mol. The number of hydrogen-bond acceptors (Lipinski definition) is 4. The van der Waals surface area contributed by atoms with E-state index in [2.05, 4.69) is 15.6 Å². The first kappa shape index (κ1) is 18.9. The van der Waals surface area contributed by atoms with Crippen molar-refractivity contribution in [2.24, 2.45) is 0 Å². The molecule has 29 heavy (non-hydrogen) atoms. The minimum Gasteiger partial charge on any atom is -0.483 e. The topological polar surface area (TPSA) is 80.3 Å². The number of hydrogen-bond donors (Lipinski definition) is 2. The average Bonchev–Trinajstić information content (AvgIpc) is 3.51. The second-order valence-electron chi connectivity index (χ2n) is 7.40. The molecule has 148 valence electrons. The van der Waals surface area contributed by atoms with Crippen LogP contribution in [0.5, 0.6) is 5.75 Å². The molecule has 2 aromatic carbocycles. The monoisotopic (exact) mass is 389 g/mol. The third kappa shape index (κ3) is 4.54. The fourth-order valence-corrected chi connectivity index (χ4v) is 3.18. The van der Waals surface area contributed by atoms with Crippen LogP contribution >= 0.6 is 0 Å². The highest BCUT2D eigenvalue weighted by Gasteiger charge is 2.23. The summed E-state index contributed by atoms with van der Waals surface area (Å²) in [6.45, 7) is 3.76. The fraction of sp³-hybridized carbons (Fsp3) is 0.261. The Hall–Kier alpha value is -3.41. The van der Waals surface area contributed by atoms with E-state index in [4.69, 9.17) is 4.74 Å². The minimum atomic E-state index is -0.292. The summed E-state index contributed by atoms with van der Waals surface area (Å²) in [6, 6.07) is 14.9. The van der Waals surface area contributed by atoms with E-state index in [1.165, 1.54) is 0 Å². The number of para-hydroxylation sites is 1. The highest BCUT2D eigenvalue weighted by molar-refractivity contribution is 5.98. The zero-order valence-electron chi connectivity index (χ0n) is 16.5. The molecule has 1 aliphatic rings. The Kier molecular flexibility index (Phi) is 5.16. The number of nitrogens with one attached hydrogen (secondary N) is 2. The SMILES string of the molecule is Cc1cc(OCC(=O)Nc2cccc(C(=O)NC3CC3)c2)c2cccc(C)c2n1. The summed E-state index contributed by atoms with van der Waals surface area (Å²) in [6.07, 6.45) is 2.06. The summed E-state index contributed by atoms with van der Waals surface area (Å²) in [5.74, 6) is 0.220. The lowest BCUT2D eigenvalue weighted by atomic mass is 10.1. The maximum Gasteiger partial charge on any atom is 0.262 e. The first-order valence-corrected chi connectivity index (χ1v) is 9.70. The molecule has 6 heteroatoms. The summed E-state index contributed by atoms with van der Waals surface area (Å²) in [5, 5.41) is 6.61. The molecule has 0 unspecified atom stereocenters. The molecule has 0 atom stereocenters. The van der Waals surface area contributed by atoms with Gasteiger partial charge < -0.3 is 15.4 Å². The number of ether oxygens (including phenoxy) is 1. The number of aryl methyl sites for hydroxylation is 2. The van der Waals surface area contributed by atoms with E-state index in [1.807, 2.05) is 38.1 Å². The van der Waals surface area contributed by atoms with Crippen LogP contribution < -0.4 is 15.4 Å². The molecule has 4 rings (SSSR count). The second-order valence-corrected chi connectivity index (χ2v) is 7.40. The van der Waals surface area contributed by atoms with Crippen molar-refractivity contribution in [3.8, 4) is 5.75 Å². The second kappa shape index (κ2) is 7.91. The van der Waals surface area contributed by atoms with Crippen molar-refractivity contribution in [3.63, 3.8) is 0 Å². The normalized spacial score (nSPS) is 13.2. The van der Waals surface area contributed by atoms with E-state index in [0.29, 0.717) is 17.0 Å². The number of amides is 2. The van der Waals surface area contributed by atoms with Crippen LogP contribution in [0.25, 0.3) is 10.9 Å². The van der Waals surface area contributed by atoms with Crippen LogP contribution in [0, 0.1) is 13.8 Å². The Morgan fingerprint density at radius 2 is 1.90 bits per heavy atom. The predicted octanol–water partition coefficient (Wildman–Crippen LogP) is 3.76. The van der Waals surface area contributed by atoms with Crippen LogP contribution in [0.4, 0.5) is 5.69 Å². The molecule has 0 radical (unpaired) electrons. The van der Waals surface area contributed by atoms with E-state index in [1.54, 1.807) is 24.3 Å². The van der Waals surface area contributed by atoms with Gasteiger partial charge in [0.2, 0.25) is 0 Å². The molecule has 0 bridgehead atoms. The summed E-state index contributed by atoms with van der Waals surface area (Å²) in [4.78, 5) is 29.1. The number of carbonyl (C=O) groups excluding carboxylic acids is 2. The van der Waals surface area contributed by atoms with Crippen LogP contribution in [0.15, 0.2) is 48.5 Å². The molecule has 1 saturated carbocycles. The standard InChI is InChI=1S/C23H23N3O3/c1-14-5-3-8-19-20(11-15(2)24-22(14)19)29-13-21(27)25-18-7-4-6-16(12-18)23(28)26-17-9-10-17/h3-8,11-12,17H,9-10,13H2,1-2H3,(H,25,27)(H,26,28). The Balaban J connectivity index is 1.42. The molecular formula is C23H23N3O3. The van der Waals surface area contributed by atoms with Gasteiger partial charge in [0.25, 0.3) is 11.8 Å². The summed E-state index contributed by atoms with van der Waals surface area (Å²) in [5.41, 5.74) is 3.85. The van der Waals surface area contributed by atoms with Crippen LogP contribution in [0.3, 0.4) is 0 Å². The number of pyridine rings is 1. The molecule has 1 aliphatic carbocycles. The highest BCUT2D eigenvalue weighted by atomic mass is 16.5. The first-order chi connectivity index (χ1) is 14.0. The smallest absolute Gasteiger partial charge is 0.262 e. The lowest BCUT2D eigenvalue weighted by Gasteiger charge is -2.12. The van der Waals surface area contributed by atoms with Crippen LogP contribution in [-0.4, -0.2) is 29.4 Å². The van der Waals surface area contributed by atoms with Crippen LogP contribution in [0.1, 0.15) is 34.5 Å². The zero-order valence-corrected chi connectivity index (χ0v) is 16.5. The maximum absolute atomic E-state index is 12.4. The lowest BCUT2D eigenvalue weighted by Crippen LogP contribution is -2.25. The number of benzene rings is 2. The highest BCUT2D eigenvalue weighted by Crippen LogP contribution is 2.27. The quantitative estimate of drug-likeness (QED) is 0.673. The molecule has 1 aromatic heterocycles. The van der Waals surface area contributed by atoms with Crippen LogP contribution in [-0.2, 0) is 4.79 Å². The first-order valence-electron chi connectivity index (χ1n) is 9.70. The largest absolute Gasteiger partial charge is 0.483 e. The molecule has 1 heterocycles. The Morgan fingerprint density at radius 3 is 2.69 bits per heavy atom.